The number of aliphatic carboxylic acids is 1. The van der Waals surface area contributed by atoms with Crippen molar-refractivity contribution in [3.8, 4) is 0 Å². The molecule has 1 heterocycles. The fraction of sp³-hybridized carbons (Fsp3) is 0.844. The van der Waals surface area contributed by atoms with Crippen molar-refractivity contribution in [3.63, 3.8) is 0 Å². The fourth-order valence-electron chi connectivity index (χ4n) is 5.52. The molecular formula is C32H57FN3O9P. The number of carbonyl (C=O) groups excluding carboxylic acids is 4. The van der Waals surface area contributed by atoms with Gasteiger partial charge >= 0.3 is 13.6 Å². The predicted molar refractivity (Wildman–Crippen MR) is 172 cm³/mol. The molecule has 12 nitrogen and oxygen atoms in total. The lowest BCUT2D eigenvalue weighted by atomic mass is 10.0. The lowest BCUT2D eigenvalue weighted by Crippen LogP contribution is -2.48. The van der Waals surface area contributed by atoms with E-state index in [9.17, 15) is 38.0 Å². The van der Waals surface area contributed by atoms with Crippen LogP contribution < -0.4 is 10.6 Å². The molecule has 3 unspecified atom stereocenters. The molecule has 0 bridgehead atoms. The molecule has 1 aliphatic heterocycles. The highest BCUT2D eigenvalue weighted by molar-refractivity contribution is 7.52. The number of halogens is 1. The number of alkyl halides is 1. The molecule has 46 heavy (non-hydrogen) atoms. The van der Waals surface area contributed by atoms with Gasteiger partial charge in [-0.05, 0) is 38.5 Å². The zero-order chi connectivity index (χ0) is 34.4. The van der Waals surface area contributed by atoms with Crippen molar-refractivity contribution in [1.29, 1.82) is 0 Å². The molecule has 0 saturated carbocycles. The quantitative estimate of drug-likeness (QED) is 0.0413. The van der Waals surface area contributed by atoms with Crippen LogP contribution in [0.4, 0.5) is 4.39 Å². The van der Waals surface area contributed by atoms with Gasteiger partial charge in [0.15, 0.2) is 0 Å². The maximum Gasteiger partial charge on any atom is 0.359 e. The first-order valence-electron chi connectivity index (χ1n) is 17.2. The number of amides is 4. The smallest absolute Gasteiger partial charge is 0.359 e. The number of likely N-dealkylation sites (tertiary alicyclic amines) is 1. The van der Waals surface area contributed by atoms with Crippen LogP contribution in [0.15, 0.2) is 0 Å². The first-order valence-corrected chi connectivity index (χ1v) is 18.9. The molecule has 0 aromatic carbocycles. The SMILES string of the molecule is CCC1CC(=O)N(CCCCCC(=O)NCC(NC(=O)CCCCCCCCCCCCCCCC(F)P(=O)(O)O)C(=O)O)C1=O. The highest BCUT2D eigenvalue weighted by Gasteiger charge is 2.36. The zero-order valence-corrected chi connectivity index (χ0v) is 28.5. The van der Waals surface area contributed by atoms with E-state index in [1.54, 1.807) is 0 Å². The Morgan fingerprint density at radius 1 is 0.826 bits per heavy atom. The molecule has 5 N–H and O–H groups in total. The average molecular weight is 678 g/mol. The number of unbranched alkanes of at least 4 members (excludes halogenated alkanes) is 14. The number of carboxylic acid groups (broad SMARTS) is 1. The third kappa shape index (κ3) is 18.7. The van der Waals surface area contributed by atoms with E-state index in [4.69, 9.17) is 9.79 Å². The van der Waals surface area contributed by atoms with Crippen molar-refractivity contribution in [2.45, 2.75) is 154 Å². The van der Waals surface area contributed by atoms with Gasteiger partial charge in [-0.25, -0.2) is 9.18 Å². The molecule has 1 fully saturated rings. The van der Waals surface area contributed by atoms with Gasteiger partial charge in [-0.1, -0.05) is 84.0 Å². The highest BCUT2D eigenvalue weighted by Crippen LogP contribution is 2.44. The molecule has 0 aromatic rings. The van der Waals surface area contributed by atoms with Crippen molar-refractivity contribution < 1.29 is 47.8 Å². The molecule has 0 aliphatic carbocycles. The van der Waals surface area contributed by atoms with Gasteiger partial charge in [0.05, 0.1) is 0 Å². The second-order valence-electron chi connectivity index (χ2n) is 12.4. The maximum atomic E-state index is 13.2. The molecule has 0 aromatic heterocycles. The minimum atomic E-state index is -4.60. The first-order chi connectivity index (χ1) is 21.9. The maximum absolute atomic E-state index is 13.2. The number of carboxylic acids is 1. The number of nitrogens with zero attached hydrogens (tertiary/aromatic N) is 1. The normalized spacial score (nSPS) is 16.4. The van der Waals surface area contributed by atoms with Crippen molar-refractivity contribution in [2.24, 2.45) is 5.92 Å². The van der Waals surface area contributed by atoms with Crippen LogP contribution in [0.3, 0.4) is 0 Å². The molecule has 1 saturated heterocycles. The minimum Gasteiger partial charge on any atom is -0.480 e. The van der Waals surface area contributed by atoms with Gasteiger partial charge in [-0.15, -0.1) is 0 Å². The van der Waals surface area contributed by atoms with Crippen LogP contribution in [-0.4, -0.2) is 74.4 Å². The van der Waals surface area contributed by atoms with E-state index in [1.807, 2.05) is 6.92 Å². The molecule has 1 aliphatic rings. The van der Waals surface area contributed by atoms with Crippen LogP contribution in [0.2, 0.25) is 0 Å². The van der Waals surface area contributed by atoms with Gasteiger partial charge in [0.1, 0.15) is 6.04 Å². The Morgan fingerprint density at radius 3 is 1.78 bits per heavy atom. The Hall–Kier alpha value is -2.37. The molecule has 4 amide bonds. The summed E-state index contributed by atoms with van der Waals surface area (Å²) >= 11 is 0. The Bertz CT molecular complexity index is 994. The number of carbonyl (C=O) groups is 5. The van der Waals surface area contributed by atoms with Gasteiger partial charge in [0.2, 0.25) is 29.5 Å². The third-order valence-corrected chi connectivity index (χ3v) is 9.45. The fourth-order valence-corrected chi connectivity index (χ4v) is 6.04. The Labute approximate surface area is 273 Å². The highest BCUT2D eigenvalue weighted by atomic mass is 31.2. The van der Waals surface area contributed by atoms with E-state index in [0.29, 0.717) is 45.1 Å². The van der Waals surface area contributed by atoms with Gasteiger partial charge in [-0.3, -0.25) is 28.6 Å². The van der Waals surface area contributed by atoms with Crippen molar-refractivity contribution in [1.82, 2.24) is 15.5 Å². The largest absolute Gasteiger partial charge is 0.480 e. The molecule has 266 valence electrons. The molecule has 1 rings (SSSR count). The van der Waals surface area contributed by atoms with Crippen LogP contribution in [0.5, 0.6) is 0 Å². The van der Waals surface area contributed by atoms with Crippen molar-refractivity contribution in [3.05, 3.63) is 0 Å². The van der Waals surface area contributed by atoms with E-state index in [0.717, 1.165) is 70.6 Å². The summed E-state index contributed by atoms with van der Waals surface area (Å²) in [6.07, 6.45) is 15.5. The first kappa shape index (κ1) is 41.7. The molecular weight excluding hydrogens is 620 g/mol. The standard InChI is InChI=1S/C32H57FN3O9P/c1-2-25-23-30(39)36(31(25)40)22-18-14-17-20-28(37)34-24-26(32(41)42)35-29(38)21-16-13-11-9-7-5-3-4-6-8-10-12-15-19-27(33)46(43,44)45/h25-27H,2-24H2,1H3,(H,34,37)(H,35,38)(H,41,42)(H2,43,44,45). The third-order valence-electron chi connectivity index (χ3n) is 8.46. The lowest BCUT2D eigenvalue weighted by molar-refractivity contribution is -0.142. The Balaban J connectivity index is 2.00. The summed E-state index contributed by atoms with van der Waals surface area (Å²) in [5.74, 6) is -4.40. The van der Waals surface area contributed by atoms with Gasteiger partial charge in [0, 0.05) is 38.3 Å². The minimum absolute atomic E-state index is 0.0865. The lowest BCUT2D eigenvalue weighted by Gasteiger charge is -2.16. The Morgan fingerprint density at radius 2 is 1.30 bits per heavy atom. The van der Waals surface area contributed by atoms with Crippen LogP contribution in [0.1, 0.15) is 142 Å². The van der Waals surface area contributed by atoms with Crippen LogP contribution >= 0.6 is 7.60 Å². The molecule has 3 atom stereocenters. The average Bonchev–Trinajstić information content (AvgIpc) is 3.27. The number of rotatable bonds is 28. The van der Waals surface area contributed by atoms with Crippen molar-refractivity contribution >= 4 is 37.2 Å². The van der Waals surface area contributed by atoms with E-state index < -0.39 is 25.5 Å². The van der Waals surface area contributed by atoms with Gasteiger partial charge in [-0.2, -0.15) is 0 Å². The molecule has 0 spiro atoms. The van der Waals surface area contributed by atoms with Crippen molar-refractivity contribution in [2.75, 3.05) is 13.1 Å². The van der Waals surface area contributed by atoms with Gasteiger partial charge < -0.3 is 25.5 Å². The van der Waals surface area contributed by atoms with Crippen LogP contribution in [0.25, 0.3) is 0 Å². The number of hydrogen-bond acceptors (Lipinski definition) is 6. The summed E-state index contributed by atoms with van der Waals surface area (Å²) < 4.78 is 23.9. The second-order valence-corrected chi connectivity index (χ2v) is 14.2. The summed E-state index contributed by atoms with van der Waals surface area (Å²) in [6, 6.07) is -1.20. The van der Waals surface area contributed by atoms with E-state index in [2.05, 4.69) is 10.6 Å². The van der Waals surface area contributed by atoms with Crippen LogP contribution in [0, 0.1) is 5.92 Å². The predicted octanol–water partition coefficient (Wildman–Crippen LogP) is 5.34. The number of nitrogens with one attached hydrogen (secondary N) is 2. The number of hydrogen-bond donors (Lipinski definition) is 5. The Kier molecular flexibility index (Phi) is 21.6. The summed E-state index contributed by atoms with van der Waals surface area (Å²) in [4.78, 5) is 78.8. The molecule has 14 heteroatoms. The summed E-state index contributed by atoms with van der Waals surface area (Å²) in [7, 11) is -4.60. The topological polar surface area (TPSA) is 190 Å². The van der Waals surface area contributed by atoms with Gasteiger partial charge in [0.25, 0.3) is 0 Å². The summed E-state index contributed by atoms with van der Waals surface area (Å²) in [5, 5.41) is 14.5. The summed E-state index contributed by atoms with van der Waals surface area (Å²) in [5.41, 5.74) is 0. The monoisotopic (exact) mass is 677 g/mol. The van der Waals surface area contributed by atoms with E-state index >= 15 is 0 Å². The molecule has 0 radical (unpaired) electrons. The zero-order valence-electron chi connectivity index (χ0n) is 27.6. The van der Waals surface area contributed by atoms with E-state index in [1.165, 1.54) is 4.90 Å². The summed E-state index contributed by atoms with van der Waals surface area (Å²) in [6.45, 7) is 2.04. The van der Waals surface area contributed by atoms with Crippen LogP contribution in [-0.2, 0) is 28.5 Å². The second kappa shape index (κ2) is 23.9. The number of imide groups is 1. The van der Waals surface area contributed by atoms with E-state index in [-0.39, 0.29) is 61.8 Å².